The number of hydrogen-bond acceptors (Lipinski definition) is 4. The average Bonchev–Trinajstić information content (AvgIpc) is 3.10. The smallest absolute Gasteiger partial charge is 0.336 e. The maximum absolute atomic E-state index is 13.1. The molecule has 1 amide bonds. The molecule has 0 bridgehead atoms. The van der Waals surface area contributed by atoms with E-state index in [0.717, 1.165) is 19.3 Å². The van der Waals surface area contributed by atoms with Gasteiger partial charge in [0.2, 0.25) is 0 Å². The van der Waals surface area contributed by atoms with Crippen LogP contribution in [0.2, 0.25) is 0 Å². The molecule has 5 heteroatoms. The van der Waals surface area contributed by atoms with Crippen molar-refractivity contribution >= 4 is 23.6 Å². The van der Waals surface area contributed by atoms with E-state index in [2.05, 4.69) is 26.1 Å². The normalized spacial score (nSPS) is 22.7. The van der Waals surface area contributed by atoms with Gasteiger partial charge in [0.05, 0.1) is 17.2 Å². The molecular formula is C28H41NO3S. The van der Waals surface area contributed by atoms with Crippen molar-refractivity contribution in [2.45, 2.75) is 103 Å². The third-order valence-corrected chi connectivity index (χ3v) is 8.25. The van der Waals surface area contributed by atoms with Crippen molar-refractivity contribution in [2.24, 2.45) is 5.92 Å². The molecule has 0 spiro atoms. The van der Waals surface area contributed by atoms with Gasteiger partial charge in [-0.25, -0.2) is 4.79 Å². The Bertz CT molecular complexity index is 838. The van der Waals surface area contributed by atoms with Crippen molar-refractivity contribution in [2.75, 3.05) is 6.61 Å². The third-order valence-electron chi connectivity index (χ3n) is 6.82. The summed E-state index contributed by atoms with van der Waals surface area (Å²) < 4.78 is 5.46. The van der Waals surface area contributed by atoms with Gasteiger partial charge in [0.15, 0.2) is 0 Å². The number of rotatable bonds is 4. The number of fused-ring (bicyclic) bond motifs is 1. The Labute approximate surface area is 204 Å². The van der Waals surface area contributed by atoms with Gasteiger partial charge in [-0.3, -0.25) is 4.79 Å². The summed E-state index contributed by atoms with van der Waals surface area (Å²) in [5.74, 6) is -0.257. The average molecular weight is 472 g/mol. The zero-order valence-corrected chi connectivity index (χ0v) is 21.7. The van der Waals surface area contributed by atoms with Crippen molar-refractivity contribution in [3.8, 4) is 0 Å². The highest BCUT2D eigenvalue weighted by Crippen LogP contribution is 2.46. The van der Waals surface area contributed by atoms with E-state index in [1.165, 1.54) is 50.5 Å². The van der Waals surface area contributed by atoms with E-state index < -0.39 is 0 Å². The number of carbonyl (C=O) groups excluding carboxylic acids is 2. The predicted octanol–water partition coefficient (Wildman–Crippen LogP) is 7.13. The van der Waals surface area contributed by atoms with Crippen molar-refractivity contribution in [1.82, 2.24) is 5.32 Å². The zero-order valence-electron chi connectivity index (χ0n) is 20.9. The lowest BCUT2D eigenvalue weighted by Crippen LogP contribution is -2.25. The number of thioether (sulfide) groups is 1. The Morgan fingerprint density at radius 1 is 0.939 bits per heavy atom. The van der Waals surface area contributed by atoms with Gasteiger partial charge < -0.3 is 10.1 Å². The minimum absolute atomic E-state index is 0.0395. The molecule has 1 N–H and O–H groups in total. The summed E-state index contributed by atoms with van der Waals surface area (Å²) in [6.07, 6.45) is 12.1. The fourth-order valence-corrected chi connectivity index (χ4v) is 6.40. The topological polar surface area (TPSA) is 55.4 Å². The number of hydrogen-bond donors (Lipinski definition) is 1. The van der Waals surface area contributed by atoms with Gasteiger partial charge in [-0.1, -0.05) is 84.3 Å². The van der Waals surface area contributed by atoms with Gasteiger partial charge in [-0.15, -0.1) is 11.8 Å². The number of carbonyl (C=O) groups is 2. The van der Waals surface area contributed by atoms with E-state index in [9.17, 15) is 9.59 Å². The highest BCUT2D eigenvalue weighted by molar-refractivity contribution is 8.04. The van der Waals surface area contributed by atoms with E-state index in [4.69, 9.17) is 4.74 Å². The fraction of sp³-hybridized carbons (Fsp3) is 0.643. The molecule has 4 nitrogen and oxygen atoms in total. The first kappa shape index (κ1) is 25.9. The SMILES string of the molecule is CCOC(=O)C1=C(NC(=O)c2ccc(C(C)(C)C)cc2)S[C@H]2CCCCCCCCCC[C@H]12. The number of ether oxygens (including phenoxy) is 1. The maximum Gasteiger partial charge on any atom is 0.336 e. The second-order valence-corrected chi connectivity index (χ2v) is 11.7. The molecular weight excluding hydrogens is 430 g/mol. The molecule has 1 aromatic rings. The van der Waals surface area contributed by atoms with E-state index in [1.54, 1.807) is 11.8 Å². The van der Waals surface area contributed by atoms with Crippen LogP contribution in [0.1, 0.15) is 108 Å². The van der Waals surface area contributed by atoms with Gasteiger partial charge in [0.1, 0.15) is 0 Å². The molecule has 1 heterocycles. The molecule has 1 fully saturated rings. The van der Waals surface area contributed by atoms with Crippen LogP contribution in [-0.4, -0.2) is 23.7 Å². The van der Waals surface area contributed by atoms with Crippen LogP contribution in [0.5, 0.6) is 0 Å². The lowest BCUT2D eigenvalue weighted by Gasteiger charge is -2.21. The first-order valence-electron chi connectivity index (χ1n) is 12.8. The largest absolute Gasteiger partial charge is 0.463 e. The second-order valence-electron chi connectivity index (χ2n) is 10.4. The lowest BCUT2D eigenvalue weighted by atomic mass is 9.86. The summed E-state index contributed by atoms with van der Waals surface area (Å²) in [6.45, 7) is 8.67. The Balaban J connectivity index is 1.82. The van der Waals surface area contributed by atoms with Crippen LogP contribution in [0.3, 0.4) is 0 Å². The molecule has 2 aliphatic rings. The van der Waals surface area contributed by atoms with Crippen molar-refractivity contribution in [3.05, 3.63) is 46.0 Å². The van der Waals surface area contributed by atoms with Crippen LogP contribution in [0.4, 0.5) is 0 Å². The molecule has 0 unspecified atom stereocenters. The summed E-state index contributed by atoms with van der Waals surface area (Å²) in [5.41, 5.74) is 2.55. The quantitative estimate of drug-likeness (QED) is 0.474. The monoisotopic (exact) mass is 471 g/mol. The summed E-state index contributed by atoms with van der Waals surface area (Å²) >= 11 is 1.68. The van der Waals surface area contributed by atoms with Gasteiger partial charge in [0.25, 0.3) is 5.91 Å². The van der Waals surface area contributed by atoms with Crippen LogP contribution in [0, 0.1) is 5.92 Å². The summed E-state index contributed by atoms with van der Waals surface area (Å²) in [6, 6.07) is 7.80. The molecule has 3 rings (SSSR count). The van der Waals surface area contributed by atoms with Crippen LogP contribution in [0.25, 0.3) is 0 Å². The van der Waals surface area contributed by atoms with Crippen molar-refractivity contribution in [3.63, 3.8) is 0 Å². The minimum Gasteiger partial charge on any atom is -0.463 e. The lowest BCUT2D eigenvalue weighted by molar-refractivity contribution is -0.139. The molecule has 2 atom stereocenters. The number of benzene rings is 1. The Morgan fingerprint density at radius 2 is 1.52 bits per heavy atom. The highest BCUT2D eigenvalue weighted by atomic mass is 32.2. The van der Waals surface area contributed by atoms with Crippen LogP contribution in [-0.2, 0) is 14.9 Å². The van der Waals surface area contributed by atoms with Crippen molar-refractivity contribution < 1.29 is 14.3 Å². The Hall–Kier alpha value is -1.75. The highest BCUT2D eigenvalue weighted by Gasteiger charge is 2.40. The Kier molecular flexibility index (Phi) is 9.48. The molecule has 0 radical (unpaired) electrons. The van der Waals surface area contributed by atoms with E-state index in [0.29, 0.717) is 28.0 Å². The van der Waals surface area contributed by atoms with Crippen LogP contribution in [0.15, 0.2) is 34.9 Å². The molecule has 182 valence electrons. The minimum atomic E-state index is -0.261. The third kappa shape index (κ3) is 7.11. The Morgan fingerprint density at radius 3 is 2.09 bits per heavy atom. The van der Waals surface area contributed by atoms with Gasteiger partial charge in [-0.05, 0) is 42.9 Å². The van der Waals surface area contributed by atoms with Gasteiger partial charge in [0, 0.05) is 16.7 Å². The van der Waals surface area contributed by atoms with Crippen molar-refractivity contribution in [1.29, 1.82) is 0 Å². The first-order chi connectivity index (χ1) is 15.8. The zero-order chi connectivity index (χ0) is 23.8. The first-order valence-corrected chi connectivity index (χ1v) is 13.7. The second kappa shape index (κ2) is 12.1. The van der Waals surface area contributed by atoms with Crippen LogP contribution >= 0.6 is 11.8 Å². The van der Waals surface area contributed by atoms with Gasteiger partial charge in [-0.2, -0.15) is 0 Å². The van der Waals surface area contributed by atoms with Crippen LogP contribution < -0.4 is 5.32 Å². The molecule has 1 aliphatic heterocycles. The number of esters is 1. The molecule has 1 aromatic carbocycles. The summed E-state index contributed by atoms with van der Waals surface area (Å²) in [4.78, 5) is 26.1. The summed E-state index contributed by atoms with van der Waals surface area (Å²) in [7, 11) is 0. The summed E-state index contributed by atoms with van der Waals surface area (Å²) in [5, 5.41) is 4.15. The number of amides is 1. The maximum atomic E-state index is 13.1. The predicted molar refractivity (Wildman–Crippen MR) is 137 cm³/mol. The van der Waals surface area contributed by atoms with E-state index in [1.807, 2.05) is 31.2 Å². The molecule has 33 heavy (non-hydrogen) atoms. The van der Waals surface area contributed by atoms with E-state index >= 15 is 0 Å². The van der Waals surface area contributed by atoms with Gasteiger partial charge >= 0.3 is 5.97 Å². The fourth-order valence-electron chi connectivity index (χ4n) is 4.86. The molecule has 0 aromatic heterocycles. The molecule has 1 saturated carbocycles. The number of nitrogens with one attached hydrogen (secondary N) is 1. The van der Waals surface area contributed by atoms with E-state index in [-0.39, 0.29) is 23.2 Å². The molecule has 1 aliphatic carbocycles. The molecule has 0 saturated heterocycles. The standard InChI is InChI=1S/C28H41NO3S/c1-5-32-27(31)24-22-14-12-10-8-6-7-9-11-13-15-23(22)33-26(24)29-25(30)20-16-18-21(19-17-20)28(2,3)4/h16-19,22-23H,5-15H2,1-4H3,(H,29,30)/t22-,23-/m0/s1.